The molecule has 2 N–H and O–H groups in total. The standard InChI is InChI=1S/C18H20ClN3O6S4/c1-7-18-13(23)17(25)8-6-9(19)11(27-4)12(28-5)10(8)20(3)14(17)21(18)15(24)16(2,22(7)26)29-31-32-30-18/h6,13-14,23,25H,1-5H3/t13?,14-,16-,17-,18?/m1/s1. The van der Waals surface area contributed by atoms with E-state index < -0.39 is 33.5 Å². The molecule has 6 rings (SSSR count). The van der Waals surface area contributed by atoms with Gasteiger partial charge in [-0.1, -0.05) is 11.6 Å². The monoisotopic (exact) mass is 537 g/mol. The number of likely N-dealkylation sites (N-methyl/N-ethyl adjacent to an activating group) is 1. The molecule has 2 bridgehead atoms. The molecule has 174 valence electrons. The van der Waals surface area contributed by atoms with E-state index >= 15 is 0 Å². The van der Waals surface area contributed by atoms with E-state index in [1.165, 1.54) is 55.6 Å². The van der Waals surface area contributed by atoms with Crippen LogP contribution in [0.4, 0.5) is 5.69 Å². The zero-order valence-electron chi connectivity index (χ0n) is 17.6. The van der Waals surface area contributed by atoms with Crippen molar-refractivity contribution < 1.29 is 29.2 Å². The highest BCUT2D eigenvalue weighted by molar-refractivity contribution is 9.26. The topological polar surface area (TPSA) is 109 Å². The van der Waals surface area contributed by atoms with Crippen LogP contribution < -0.4 is 14.4 Å². The molecule has 0 aromatic heterocycles. The Morgan fingerprint density at radius 2 is 1.88 bits per heavy atom. The van der Waals surface area contributed by atoms with Gasteiger partial charge in [0.1, 0.15) is 12.3 Å². The van der Waals surface area contributed by atoms with Crippen molar-refractivity contribution in [3.05, 3.63) is 21.9 Å². The number of aliphatic hydroxyl groups excluding tert-OH is 1. The molecule has 5 atom stereocenters. The summed E-state index contributed by atoms with van der Waals surface area (Å²) < 4.78 is 11.7. The molecule has 2 fully saturated rings. The zero-order valence-corrected chi connectivity index (χ0v) is 21.6. The number of methoxy groups -OCH3 is 2. The molecule has 0 aliphatic carbocycles. The van der Waals surface area contributed by atoms with Gasteiger partial charge >= 0.3 is 10.8 Å². The quantitative estimate of drug-likeness (QED) is 0.330. The van der Waals surface area contributed by atoms with Gasteiger partial charge in [0.05, 0.1) is 24.9 Å². The minimum Gasteiger partial charge on any atom is -0.622 e. The van der Waals surface area contributed by atoms with Gasteiger partial charge in [-0.2, -0.15) is 4.74 Å². The fraction of sp³-hybridized carbons (Fsp3) is 0.556. The molecule has 1 aromatic carbocycles. The number of rotatable bonds is 2. The molecule has 14 heteroatoms. The average molecular weight is 538 g/mol. The van der Waals surface area contributed by atoms with E-state index in [0.717, 1.165) is 10.8 Å². The van der Waals surface area contributed by atoms with Crippen LogP contribution in [0.15, 0.2) is 6.07 Å². The number of halogens is 1. The van der Waals surface area contributed by atoms with E-state index in [0.29, 0.717) is 16.0 Å². The van der Waals surface area contributed by atoms with Crippen LogP contribution in [0.5, 0.6) is 11.5 Å². The largest absolute Gasteiger partial charge is 0.622 e. The highest BCUT2D eigenvalue weighted by Crippen LogP contribution is 2.69. The number of carbonyl (C=O) groups is 1. The zero-order chi connectivity index (χ0) is 23.4. The molecule has 5 aliphatic rings. The minimum absolute atomic E-state index is 0.191. The summed E-state index contributed by atoms with van der Waals surface area (Å²) in [5.41, 5.74) is -0.924. The minimum atomic E-state index is -1.94. The number of nitrogens with zero attached hydrogens (tertiary/aromatic N) is 3. The Morgan fingerprint density at radius 3 is 2.50 bits per heavy atom. The van der Waals surface area contributed by atoms with Crippen LogP contribution in [-0.4, -0.2) is 74.7 Å². The van der Waals surface area contributed by atoms with Gasteiger partial charge in [0, 0.05) is 37.3 Å². The van der Waals surface area contributed by atoms with Crippen molar-refractivity contribution in [1.29, 1.82) is 0 Å². The summed E-state index contributed by atoms with van der Waals surface area (Å²) in [6.45, 7) is 3.17. The molecule has 1 spiro atoms. The van der Waals surface area contributed by atoms with Crippen LogP contribution >= 0.6 is 52.8 Å². The van der Waals surface area contributed by atoms with Gasteiger partial charge < -0.3 is 29.8 Å². The number of fused-ring (bicyclic) bond motifs is 6. The molecule has 1 amide bonds. The van der Waals surface area contributed by atoms with Crippen molar-refractivity contribution in [2.45, 2.75) is 41.5 Å². The molecule has 32 heavy (non-hydrogen) atoms. The molecule has 2 unspecified atom stereocenters. The number of benzene rings is 1. The smallest absolute Gasteiger partial charge is 0.310 e. The Hall–Kier alpha value is -0.830. The Morgan fingerprint density at radius 1 is 1.25 bits per heavy atom. The van der Waals surface area contributed by atoms with E-state index in [9.17, 15) is 20.2 Å². The van der Waals surface area contributed by atoms with E-state index in [-0.39, 0.29) is 22.2 Å². The van der Waals surface area contributed by atoms with Crippen LogP contribution in [0.2, 0.25) is 5.02 Å². The van der Waals surface area contributed by atoms with Crippen LogP contribution in [0, 0.1) is 5.21 Å². The van der Waals surface area contributed by atoms with Gasteiger partial charge in [-0.05, 0) is 36.5 Å². The normalized spacial score (nSPS) is 37.8. The fourth-order valence-electron chi connectivity index (χ4n) is 5.23. The first-order valence-electron chi connectivity index (χ1n) is 9.47. The second-order valence-electron chi connectivity index (χ2n) is 8.07. The Kier molecular flexibility index (Phi) is 5.08. The molecular weight excluding hydrogens is 518 g/mol. The van der Waals surface area contributed by atoms with E-state index in [1.807, 2.05) is 0 Å². The number of hydroxylamine groups is 1. The predicted octanol–water partition coefficient (Wildman–Crippen LogP) is 2.61. The van der Waals surface area contributed by atoms with Crippen molar-refractivity contribution in [3.63, 3.8) is 0 Å². The van der Waals surface area contributed by atoms with Crippen LogP contribution in [0.3, 0.4) is 0 Å². The third kappa shape index (κ3) is 2.31. The lowest BCUT2D eigenvalue weighted by atomic mass is 9.86. The van der Waals surface area contributed by atoms with Gasteiger partial charge in [-0.3, -0.25) is 9.69 Å². The number of hydrogen-bond donors (Lipinski definition) is 2. The first kappa shape index (κ1) is 22.9. The average Bonchev–Trinajstić information content (AvgIpc) is 3.10. The predicted molar refractivity (Wildman–Crippen MR) is 129 cm³/mol. The Labute approximate surface area is 204 Å². The summed E-state index contributed by atoms with van der Waals surface area (Å²) in [5, 5.41) is 37.4. The fourth-order valence-corrected chi connectivity index (χ4v) is 13.2. The Balaban J connectivity index is 1.84. The maximum absolute atomic E-state index is 13.9. The van der Waals surface area contributed by atoms with E-state index in [4.69, 9.17) is 21.1 Å². The molecule has 0 radical (unpaired) electrons. The van der Waals surface area contributed by atoms with E-state index in [1.54, 1.807) is 25.8 Å². The summed E-state index contributed by atoms with van der Waals surface area (Å²) in [6.07, 6.45) is -2.53. The number of ether oxygens (including phenoxy) is 2. The highest BCUT2D eigenvalue weighted by Gasteiger charge is 2.80. The van der Waals surface area contributed by atoms with Crippen molar-refractivity contribution in [1.82, 2.24) is 4.90 Å². The van der Waals surface area contributed by atoms with Gasteiger partial charge in [-0.15, -0.1) is 0 Å². The lowest BCUT2D eigenvalue weighted by Gasteiger charge is -2.49. The third-order valence-corrected chi connectivity index (χ3v) is 14.4. The number of anilines is 1. The number of carbonyl (C=O) groups excluding carboxylic acids is 1. The maximum atomic E-state index is 13.9. The summed E-state index contributed by atoms with van der Waals surface area (Å²) >= 11 is 6.45. The van der Waals surface area contributed by atoms with Crippen LogP contribution in [-0.2, 0) is 10.4 Å². The maximum Gasteiger partial charge on any atom is 0.310 e. The Bertz CT molecular complexity index is 1090. The SMILES string of the molecule is COc1c(Cl)cc2c(c1OC)N(C)[C@@H]1N3C(=O)[C@@]4(C)SSSSC3(C(C)=[N+]4[O-])C(O)[C@]21O. The van der Waals surface area contributed by atoms with Crippen LogP contribution in [0.25, 0.3) is 0 Å². The van der Waals surface area contributed by atoms with Crippen molar-refractivity contribution in [2.75, 3.05) is 26.2 Å². The number of amides is 1. The molecule has 9 nitrogen and oxygen atoms in total. The lowest BCUT2D eigenvalue weighted by Crippen LogP contribution is -2.70. The van der Waals surface area contributed by atoms with Gasteiger partial charge in [0.25, 0.3) is 0 Å². The molecule has 5 aliphatic heterocycles. The first-order chi connectivity index (χ1) is 15.0. The van der Waals surface area contributed by atoms with Crippen molar-refractivity contribution in [3.8, 4) is 11.5 Å². The molecule has 5 heterocycles. The lowest BCUT2D eigenvalue weighted by molar-refractivity contribution is -0.506. The van der Waals surface area contributed by atoms with Crippen molar-refractivity contribution in [2.24, 2.45) is 0 Å². The molecular formula is C18H20ClN3O6S4. The highest BCUT2D eigenvalue weighted by atomic mass is 35.5. The number of aliphatic hydroxyl groups is 2. The molecule has 1 aromatic rings. The summed E-state index contributed by atoms with van der Waals surface area (Å²) in [5.74, 6) is 0.0843. The van der Waals surface area contributed by atoms with Crippen molar-refractivity contribution >= 4 is 70.1 Å². The van der Waals surface area contributed by atoms with E-state index in [2.05, 4.69) is 0 Å². The summed E-state index contributed by atoms with van der Waals surface area (Å²) in [4.78, 5) is 14.1. The second kappa shape index (κ2) is 7.09. The third-order valence-electron chi connectivity index (χ3n) is 6.72. The van der Waals surface area contributed by atoms with Crippen LogP contribution in [0.1, 0.15) is 19.4 Å². The van der Waals surface area contributed by atoms with Gasteiger partial charge in [0.2, 0.25) is 10.6 Å². The molecule has 0 saturated carbocycles. The number of hydrogen-bond acceptors (Lipinski definition) is 11. The first-order valence-corrected chi connectivity index (χ1v) is 14.7. The second-order valence-corrected chi connectivity index (χ2v) is 14.8. The summed E-state index contributed by atoms with van der Waals surface area (Å²) in [7, 11) is 9.62. The van der Waals surface area contributed by atoms with Gasteiger partial charge in [0.15, 0.2) is 17.1 Å². The summed E-state index contributed by atoms with van der Waals surface area (Å²) in [6, 6.07) is 1.53. The molecule has 2 saturated heterocycles. The van der Waals surface area contributed by atoms with Gasteiger partial charge in [-0.25, -0.2) is 0 Å².